The summed E-state index contributed by atoms with van der Waals surface area (Å²) in [5.74, 6) is 1.37. The summed E-state index contributed by atoms with van der Waals surface area (Å²) in [6.07, 6.45) is 5.28. The number of carbonyl (C=O) groups excluding carboxylic acids is 2. The summed E-state index contributed by atoms with van der Waals surface area (Å²) < 4.78 is 0. The lowest BCUT2D eigenvalue weighted by Gasteiger charge is -2.33. The summed E-state index contributed by atoms with van der Waals surface area (Å²) in [4.78, 5) is 28.7. The largest absolute Gasteiger partial charge is 0.361 e. The molecule has 0 bridgehead atoms. The molecule has 1 atom stereocenters. The third-order valence-electron chi connectivity index (χ3n) is 5.91. The highest BCUT2D eigenvalue weighted by Crippen LogP contribution is 2.50. The quantitative estimate of drug-likeness (QED) is 0.811. The second-order valence-electron chi connectivity index (χ2n) is 7.56. The maximum Gasteiger partial charge on any atom is 0.254 e. The first-order valence-corrected chi connectivity index (χ1v) is 10.6. The van der Waals surface area contributed by atoms with E-state index in [0.717, 1.165) is 53.0 Å². The topological polar surface area (TPSA) is 49.4 Å². The zero-order valence-electron chi connectivity index (χ0n) is 15.2. The van der Waals surface area contributed by atoms with Crippen LogP contribution in [-0.2, 0) is 11.3 Å². The molecule has 4 aliphatic rings. The lowest BCUT2D eigenvalue weighted by Crippen LogP contribution is -2.30. The van der Waals surface area contributed by atoms with Gasteiger partial charge in [0.15, 0.2) is 5.78 Å². The molecule has 0 saturated heterocycles. The van der Waals surface area contributed by atoms with Gasteiger partial charge in [0, 0.05) is 58.6 Å². The molecular formula is C22H22N2O2S. The van der Waals surface area contributed by atoms with Gasteiger partial charge < -0.3 is 10.2 Å². The molecule has 4 nitrogen and oxygen atoms in total. The van der Waals surface area contributed by atoms with E-state index in [0.29, 0.717) is 19.5 Å². The zero-order chi connectivity index (χ0) is 18.5. The van der Waals surface area contributed by atoms with Gasteiger partial charge in [-0.3, -0.25) is 9.59 Å². The molecule has 1 amide bonds. The third kappa shape index (κ3) is 2.59. The first-order chi connectivity index (χ1) is 13.2. The van der Waals surface area contributed by atoms with Gasteiger partial charge in [-0.25, -0.2) is 0 Å². The molecule has 0 fully saturated rings. The van der Waals surface area contributed by atoms with Gasteiger partial charge in [-0.2, -0.15) is 0 Å². The van der Waals surface area contributed by atoms with E-state index in [-0.39, 0.29) is 17.6 Å². The second kappa shape index (κ2) is 6.41. The Morgan fingerprint density at radius 2 is 2.11 bits per heavy atom. The molecule has 1 aromatic carbocycles. The van der Waals surface area contributed by atoms with Gasteiger partial charge in [0.1, 0.15) is 0 Å². The van der Waals surface area contributed by atoms with Crippen molar-refractivity contribution < 1.29 is 9.59 Å². The molecule has 1 aliphatic carbocycles. The number of ketones is 1. The van der Waals surface area contributed by atoms with Gasteiger partial charge in [0.05, 0.1) is 0 Å². The monoisotopic (exact) mass is 378 g/mol. The van der Waals surface area contributed by atoms with Crippen LogP contribution < -0.4 is 5.32 Å². The van der Waals surface area contributed by atoms with Crippen LogP contribution in [0.15, 0.2) is 52.7 Å². The molecule has 0 spiro atoms. The number of Topliss-reactive ketones (excluding diaryl/α,β-unsaturated/α-hetero) is 1. The predicted octanol–water partition coefficient (Wildman–Crippen LogP) is 3.87. The minimum absolute atomic E-state index is 0.0110. The van der Waals surface area contributed by atoms with Crippen LogP contribution in [0.2, 0.25) is 0 Å². The van der Waals surface area contributed by atoms with Crippen molar-refractivity contribution in [2.75, 3.05) is 12.3 Å². The number of rotatable bonds is 3. The van der Waals surface area contributed by atoms with Crippen LogP contribution in [0.5, 0.6) is 0 Å². The molecule has 1 aromatic rings. The Kier molecular flexibility index (Phi) is 4.01. The van der Waals surface area contributed by atoms with E-state index in [1.165, 1.54) is 10.6 Å². The smallest absolute Gasteiger partial charge is 0.254 e. The molecule has 5 heteroatoms. The number of carbonyl (C=O) groups is 2. The predicted molar refractivity (Wildman–Crippen MR) is 107 cm³/mol. The first kappa shape index (κ1) is 16.9. The number of hydrogen-bond acceptors (Lipinski definition) is 4. The van der Waals surface area contributed by atoms with Crippen LogP contribution >= 0.6 is 11.8 Å². The lowest BCUT2D eigenvalue weighted by molar-refractivity contribution is -0.116. The minimum atomic E-state index is -0.0110. The molecular weight excluding hydrogens is 356 g/mol. The summed E-state index contributed by atoms with van der Waals surface area (Å²) in [5.41, 5.74) is 6.24. The molecule has 3 heterocycles. The first-order valence-electron chi connectivity index (χ1n) is 9.59. The highest BCUT2D eigenvalue weighted by molar-refractivity contribution is 8.03. The third-order valence-corrected chi connectivity index (χ3v) is 7.11. The van der Waals surface area contributed by atoms with Crippen LogP contribution in [0.3, 0.4) is 0 Å². The maximum atomic E-state index is 12.8. The maximum absolute atomic E-state index is 12.8. The molecule has 0 radical (unpaired) electrons. The SMILES string of the molecule is C=CCN1Cc2ccc(C3C4=C(CCS4)NC4=C3C(=O)CCC4)cc2C1=O. The number of nitrogens with zero attached hydrogens (tertiary/aromatic N) is 1. The highest BCUT2D eigenvalue weighted by atomic mass is 32.2. The van der Waals surface area contributed by atoms with Crippen LogP contribution in [0, 0.1) is 0 Å². The zero-order valence-corrected chi connectivity index (χ0v) is 16.0. The standard InChI is InChI=1S/C22H22N2O2S/c1-2-9-24-12-14-7-6-13(11-15(14)22(24)26)19-20-16(4-3-5-18(20)25)23-17-8-10-27-21(17)19/h2,6-7,11,19,23H,1,3-5,8-10,12H2. The van der Waals surface area contributed by atoms with Crippen molar-refractivity contribution in [1.29, 1.82) is 0 Å². The fourth-order valence-corrected chi connectivity index (χ4v) is 5.95. The summed E-state index contributed by atoms with van der Waals surface area (Å²) in [5, 5.41) is 3.56. The van der Waals surface area contributed by atoms with E-state index >= 15 is 0 Å². The van der Waals surface area contributed by atoms with Gasteiger partial charge in [-0.1, -0.05) is 18.2 Å². The van der Waals surface area contributed by atoms with Crippen molar-refractivity contribution in [2.45, 2.75) is 38.1 Å². The fraction of sp³-hybridized carbons (Fsp3) is 0.364. The Balaban J connectivity index is 1.60. The molecule has 3 aliphatic heterocycles. The van der Waals surface area contributed by atoms with Gasteiger partial charge in [-0.05, 0) is 36.5 Å². The van der Waals surface area contributed by atoms with Crippen LogP contribution in [-0.4, -0.2) is 28.9 Å². The van der Waals surface area contributed by atoms with E-state index in [1.807, 2.05) is 22.7 Å². The number of hydrogen-bond donors (Lipinski definition) is 1. The van der Waals surface area contributed by atoms with E-state index in [1.54, 1.807) is 6.08 Å². The molecule has 5 rings (SSSR count). The van der Waals surface area contributed by atoms with E-state index in [2.05, 4.69) is 24.0 Å². The lowest BCUT2D eigenvalue weighted by atomic mass is 9.78. The number of dihydropyridines is 1. The number of benzene rings is 1. The number of allylic oxidation sites excluding steroid dienone is 4. The number of amides is 1. The van der Waals surface area contributed by atoms with Crippen LogP contribution in [0.25, 0.3) is 0 Å². The van der Waals surface area contributed by atoms with Crippen LogP contribution in [0.4, 0.5) is 0 Å². The second-order valence-corrected chi connectivity index (χ2v) is 8.70. The van der Waals surface area contributed by atoms with E-state index in [4.69, 9.17) is 0 Å². The molecule has 1 N–H and O–H groups in total. The highest BCUT2D eigenvalue weighted by Gasteiger charge is 2.39. The summed E-state index contributed by atoms with van der Waals surface area (Å²) >= 11 is 1.85. The average molecular weight is 378 g/mol. The Bertz CT molecular complexity index is 944. The minimum Gasteiger partial charge on any atom is -0.361 e. The van der Waals surface area contributed by atoms with Crippen molar-refractivity contribution in [3.05, 3.63) is 69.4 Å². The Morgan fingerprint density at radius 1 is 1.22 bits per heavy atom. The molecule has 0 saturated carbocycles. The van der Waals surface area contributed by atoms with Crippen molar-refractivity contribution in [1.82, 2.24) is 10.2 Å². The summed E-state index contributed by atoms with van der Waals surface area (Å²) in [6, 6.07) is 6.23. The van der Waals surface area contributed by atoms with Crippen molar-refractivity contribution in [3.8, 4) is 0 Å². The van der Waals surface area contributed by atoms with Crippen molar-refractivity contribution in [3.63, 3.8) is 0 Å². The Morgan fingerprint density at radius 3 is 2.96 bits per heavy atom. The molecule has 0 aromatic heterocycles. The van der Waals surface area contributed by atoms with Gasteiger partial charge in [-0.15, -0.1) is 18.3 Å². The number of thioether (sulfide) groups is 1. The Labute approximate surface area is 163 Å². The van der Waals surface area contributed by atoms with Gasteiger partial charge in [0.25, 0.3) is 5.91 Å². The summed E-state index contributed by atoms with van der Waals surface area (Å²) in [6.45, 7) is 4.95. The average Bonchev–Trinajstić information content (AvgIpc) is 3.25. The molecule has 27 heavy (non-hydrogen) atoms. The number of nitrogens with one attached hydrogen (secondary N) is 1. The van der Waals surface area contributed by atoms with Crippen molar-refractivity contribution in [2.24, 2.45) is 0 Å². The van der Waals surface area contributed by atoms with Crippen LogP contribution in [0.1, 0.15) is 53.1 Å². The summed E-state index contributed by atoms with van der Waals surface area (Å²) in [7, 11) is 0. The Hall–Kier alpha value is -2.27. The molecule has 138 valence electrons. The molecule has 1 unspecified atom stereocenters. The normalized spacial score (nSPS) is 24.0. The van der Waals surface area contributed by atoms with Crippen molar-refractivity contribution >= 4 is 23.5 Å². The fourth-order valence-electron chi connectivity index (χ4n) is 4.68. The van der Waals surface area contributed by atoms with E-state index < -0.39 is 0 Å². The van der Waals surface area contributed by atoms with E-state index in [9.17, 15) is 9.59 Å². The number of fused-ring (bicyclic) bond motifs is 1. The van der Waals surface area contributed by atoms with Gasteiger partial charge in [0.2, 0.25) is 0 Å². The van der Waals surface area contributed by atoms with Gasteiger partial charge >= 0.3 is 0 Å².